The van der Waals surface area contributed by atoms with Crippen molar-refractivity contribution in [1.29, 1.82) is 0 Å². The average molecular weight is 211 g/mol. The first-order chi connectivity index (χ1) is 7.09. The van der Waals surface area contributed by atoms with Gasteiger partial charge in [-0.25, -0.2) is 0 Å². The molecule has 1 heterocycles. The molecule has 0 amide bonds. The largest absolute Gasteiger partial charge is 0.297 e. The van der Waals surface area contributed by atoms with E-state index in [-0.39, 0.29) is 0 Å². The number of rotatable bonds is 5. The van der Waals surface area contributed by atoms with Crippen molar-refractivity contribution in [2.45, 2.75) is 72.4 Å². The second kappa shape index (κ2) is 5.89. The van der Waals surface area contributed by atoms with E-state index in [1.54, 1.807) is 0 Å². The highest BCUT2D eigenvalue weighted by atomic mass is 15.2. The number of hydrogen-bond donors (Lipinski definition) is 0. The Morgan fingerprint density at radius 3 is 1.80 bits per heavy atom. The van der Waals surface area contributed by atoms with Crippen LogP contribution < -0.4 is 0 Å². The van der Waals surface area contributed by atoms with E-state index in [1.807, 2.05) is 0 Å². The van der Waals surface area contributed by atoms with Crippen LogP contribution in [0.2, 0.25) is 0 Å². The van der Waals surface area contributed by atoms with Gasteiger partial charge in [-0.2, -0.15) is 0 Å². The van der Waals surface area contributed by atoms with Gasteiger partial charge in [-0.1, -0.05) is 40.0 Å². The molecule has 1 heteroatoms. The molecule has 1 aliphatic rings. The summed E-state index contributed by atoms with van der Waals surface area (Å²) in [7, 11) is 0. The molecule has 0 aliphatic carbocycles. The number of likely N-dealkylation sites (tertiary alicyclic amines) is 1. The van der Waals surface area contributed by atoms with Crippen LogP contribution in [0.3, 0.4) is 0 Å². The smallest absolute Gasteiger partial charge is 0.00986 e. The predicted molar refractivity (Wildman–Crippen MR) is 68.1 cm³/mol. The van der Waals surface area contributed by atoms with Crippen LogP contribution >= 0.6 is 0 Å². The minimum absolute atomic E-state index is 0.789. The van der Waals surface area contributed by atoms with Crippen molar-refractivity contribution in [3.8, 4) is 0 Å². The lowest BCUT2D eigenvalue weighted by Gasteiger charge is -2.27. The van der Waals surface area contributed by atoms with Gasteiger partial charge in [0.05, 0.1) is 0 Å². The Kier molecular flexibility index (Phi) is 5.11. The Morgan fingerprint density at radius 2 is 1.33 bits per heavy atom. The molecule has 1 fully saturated rings. The molecular weight excluding hydrogens is 182 g/mol. The van der Waals surface area contributed by atoms with E-state index in [1.165, 1.54) is 32.2 Å². The Labute approximate surface area is 96.2 Å². The van der Waals surface area contributed by atoms with Crippen molar-refractivity contribution in [3.05, 3.63) is 0 Å². The van der Waals surface area contributed by atoms with Crippen LogP contribution in [0.4, 0.5) is 0 Å². The molecule has 4 unspecified atom stereocenters. The third-order valence-corrected chi connectivity index (χ3v) is 4.67. The minimum Gasteiger partial charge on any atom is -0.297 e. The quantitative estimate of drug-likeness (QED) is 0.623. The molecule has 0 aromatic heterocycles. The maximum atomic E-state index is 2.73. The fourth-order valence-electron chi connectivity index (χ4n) is 2.98. The average Bonchev–Trinajstić information content (AvgIpc) is 2.41. The van der Waals surface area contributed by atoms with Crippen LogP contribution in [-0.4, -0.2) is 23.5 Å². The van der Waals surface area contributed by atoms with Gasteiger partial charge in [0.25, 0.3) is 0 Å². The standard InChI is InChI=1S/C14H29N/c1-6-7-8-9-10-15-13(4)11(2)12(3)14(15)5/h11-14H,6-10H2,1-5H3. The second-order valence-corrected chi connectivity index (χ2v) is 5.50. The summed E-state index contributed by atoms with van der Waals surface area (Å²) >= 11 is 0. The van der Waals surface area contributed by atoms with Gasteiger partial charge >= 0.3 is 0 Å². The van der Waals surface area contributed by atoms with Gasteiger partial charge < -0.3 is 0 Å². The summed E-state index contributed by atoms with van der Waals surface area (Å²) in [5.74, 6) is 1.73. The Hall–Kier alpha value is -0.0400. The normalized spacial score (nSPS) is 37.4. The zero-order valence-corrected chi connectivity index (χ0v) is 11.3. The molecule has 0 spiro atoms. The summed E-state index contributed by atoms with van der Waals surface area (Å²) in [6, 6.07) is 1.58. The number of unbranched alkanes of at least 4 members (excludes halogenated alkanes) is 3. The Balaban J connectivity index is 2.34. The van der Waals surface area contributed by atoms with Crippen molar-refractivity contribution < 1.29 is 0 Å². The first kappa shape index (κ1) is 13.0. The third kappa shape index (κ3) is 2.96. The molecule has 0 bridgehead atoms. The van der Waals surface area contributed by atoms with Gasteiger partial charge in [-0.05, 0) is 38.6 Å². The minimum atomic E-state index is 0.789. The van der Waals surface area contributed by atoms with Crippen molar-refractivity contribution in [1.82, 2.24) is 4.90 Å². The fourth-order valence-corrected chi connectivity index (χ4v) is 2.98. The van der Waals surface area contributed by atoms with Crippen molar-refractivity contribution in [3.63, 3.8) is 0 Å². The molecule has 4 atom stereocenters. The molecule has 1 saturated heterocycles. The van der Waals surface area contributed by atoms with Gasteiger partial charge in [0.1, 0.15) is 0 Å². The summed E-state index contributed by atoms with van der Waals surface area (Å²) < 4.78 is 0. The first-order valence-corrected chi connectivity index (χ1v) is 6.85. The highest BCUT2D eigenvalue weighted by molar-refractivity contribution is 4.91. The summed E-state index contributed by atoms with van der Waals surface area (Å²) in [6.45, 7) is 13.2. The molecule has 0 saturated carbocycles. The number of nitrogens with zero attached hydrogens (tertiary/aromatic N) is 1. The molecule has 0 radical (unpaired) electrons. The molecule has 90 valence electrons. The zero-order chi connectivity index (χ0) is 11.4. The monoisotopic (exact) mass is 211 g/mol. The Bertz CT molecular complexity index is 164. The van der Waals surface area contributed by atoms with E-state index in [2.05, 4.69) is 39.5 Å². The van der Waals surface area contributed by atoms with Crippen LogP contribution in [-0.2, 0) is 0 Å². The van der Waals surface area contributed by atoms with Gasteiger partial charge in [0.2, 0.25) is 0 Å². The van der Waals surface area contributed by atoms with E-state index in [4.69, 9.17) is 0 Å². The molecule has 1 rings (SSSR count). The van der Waals surface area contributed by atoms with Crippen LogP contribution in [0.25, 0.3) is 0 Å². The van der Waals surface area contributed by atoms with Crippen LogP contribution in [0.15, 0.2) is 0 Å². The van der Waals surface area contributed by atoms with E-state index < -0.39 is 0 Å². The number of hydrogen-bond acceptors (Lipinski definition) is 1. The fraction of sp³-hybridized carbons (Fsp3) is 1.00. The van der Waals surface area contributed by atoms with E-state index in [9.17, 15) is 0 Å². The third-order valence-electron chi connectivity index (χ3n) is 4.67. The summed E-state index contributed by atoms with van der Waals surface area (Å²) in [6.07, 6.45) is 5.55. The molecule has 0 aromatic carbocycles. The lowest BCUT2D eigenvalue weighted by atomic mass is 9.92. The highest BCUT2D eigenvalue weighted by Gasteiger charge is 2.38. The second-order valence-electron chi connectivity index (χ2n) is 5.50. The summed E-state index contributed by atoms with van der Waals surface area (Å²) in [5.41, 5.74) is 0. The van der Waals surface area contributed by atoms with Gasteiger partial charge in [0, 0.05) is 12.1 Å². The summed E-state index contributed by atoms with van der Waals surface area (Å²) in [4.78, 5) is 2.73. The van der Waals surface area contributed by atoms with E-state index in [0.717, 1.165) is 23.9 Å². The van der Waals surface area contributed by atoms with E-state index in [0.29, 0.717) is 0 Å². The summed E-state index contributed by atoms with van der Waals surface area (Å²) in [5, 5.41) is 0. The predicted octanol–water partition coefficient (Wildman–Crippen LogP) is 3.93. The van der Waals surface area contributed by atoms with E-state index >= 15 is 0 Å². The molecule has 1 nitrogen and oxygen atoms in total. The maximum Gasteiger partial charge on any atom is 0.00986 e. The molecule has 0 N–H and O–H groups in total. The van der Waals surface area contributed by atoms with Crippen LogP contribution in [0.5, 0.6) is 0 Å². The highest BCUT2D eigenvalue weighted by Crippen LogP contribution is 2.34. The molecular formula is C14H29N. The van der Waals surface area contributed by atoms with Crippen molar-refractivity contribution in [2.75, 3.05) is 6.54 Å². The molecule has 15 heavy (non-hydrogen) atoms. The van der Waals surface area contributed by atoms with Gasteiger partial charge in [-0.3, -0.25) is 4.90 Å². The Morgan fingerprint density at radius 1 is 0.800 bits per heavy atom. The lowest BCUT2D eigenvalue weighted by Crippen LogP contribution is -2.35. The molecule has 1 aliphatic heterocycles. The van der Waals surface area contributed by atoms with Crippen LogP contribution in [0.1, 0.15) is 60.3 Å². The topological polar surface area (TPSA) is 3.24 Å². The lowest BCUT2D eigenvalue weighted by molar-refractivity contribution is 0.193. The van der Waals surface area contributed by atoms with Crippen LogP contribution in [0, 0.1) is 11.8 Å². The van der Waals surface area contributed by atoms with Crippen molar-refractivity contribution in [2.24, 2.45) is 11.8 Å². The van der Waals surface area contributed by atoms with Gasteiger partial charge in [0.15, 0.2) is 0 Å². The first-order valence-electron chi connectivity index (χ1n) is 6.85. The maximum absolute atomic E-state index is 2.73. The molecule has 0 aromatic rings. The SMILES string of the molecule is CCCCCCN1C(C)C(C)C(C)C1C. The zero-order valence-electron chi connectivity index (χ0n) is 11.3. The van der Waals surface area contributed by atoms with Gasteiger partial charge in [-0.15, -0.1) is 0 Å². The van der Waals surface area contributed by atoms with Crippen molar-refractivity contribution >= 4 is 0 Å².